The highest BCUT2D eigenvalue weighted by Crippen LogP contribution is 2.22. The lowest BCUT2D eigenvalue weighted by molar-refractivity contribution is -0.143. The van der Waals surface area contributed by atoms with Crippen LogP contribution in [0.4, 0.5) is 0 Å². The molecule has 0 heterocycles. The van der Waals surface area contributed by atoms with Gasteiger partial charge in [-0.15, -0.1) is 0 Å². The van der Waals surface area contributed by atoms with E-state index in [-0.39, 0.29) is 24.8 Å². The van der Waals surface area contributed by atoms with E-state index in [1.54, 1.807) is 19.9 Å². The van der Waals surface area contributed by atoms with Gasteiger partial charge in [-0.3, -0.25) is 9.59 Å². The third kappa shape index (κ3) is 5.23. The van der Waals surface area contributed by atoms with E-state index in [1.165, 1.54) is 0 Å². The quantitative estimate of drug-likeness (QED) is 0.733. The van der Waals surface area contributed by atoms with Crippen LogP contribution < -0.4 is 0 Å². The van der Waals surface area contributed by atoms with Gasteiger partial charge < -0.3 is 9.47 Å². The number of ether oxygens (including phenoxy) is 2. The van der Waals surface area contributed by atoms with Crippen LogP contribution in [0.2, 0.25) is 0 Å². The van der Waals surface area contributed by atoms with Gasteiger partial charge in [0.05, 0.1) is 26.1 Å². The van der Waals surface area contributed by atoms with E-state index in [0.29, 0.717) is 13.2 Å². The van der Waals surface area contributed by atoms with Crippen molar-refractivity contribution in [3.8, 4) is 11.1 Å². The molecule has 0 aliphatic rings. The van der Waals surface area contributed by atoms with Crippen molar-refractivity contribution in [1.82, 2.24) is 0 Å². The Bertz CT molecular complexity index is 645. The van der Waals surface area contributed by atoms with E-state index in [2.05, 4.69) is 6.07 Å². The molecule has 2 aromatic rings. The van der Waals surface area contributed by atoms with E-state index in [0.717, 1.165) is 22.3 Å². The first-order valence-corrected chi connectivity index (χ1v) is 8.03. The smallest absolute Gasteiger partial charge is 0.310 e. The zero-order chi connectivity index (χ0) is 17.4. The lowest BCUT2D eigenvalue weighted by Crippen LogP contribution is -2.07. The molecule has 2 rings (SSSR count). The maximum atomic E-state index is 11.6. The lowest BCUT2D eigenvalue weighted by atomic mass is 9.99. The van der Waals surface area contributed by atoms with Gasteiger partial charge in [-0.05, 0) is 48.2 Å². The summed E-state index contributed by atoms with van der Waals surface area (Å²) in [5, 5.41) is 0. The molecular formula is C20H21O4. The second-order valence-electron chi connectivity index (χ2n) is 5.27. The van der Waals surface area contributed by atoms with Gasteiger partial charge in [0.15, 0.2) is 0 Å². The normalized spacial score (nSPS) is 10.2. The van der Waals surface area contributed by atoms with Crippen LogP contribution in [0.3, 0.4) is 0 Å². The molecule has 0 amide bonds. The van der Waals surface area contributed by atoms with Gasteiger partial charge in [-0.25, -0.2) is 0 Å². The van der Waals surface area contributed by atoms with Crippen molar-refractivity contribution < 1.29 is 19.1 Å². The first-order valence-electron chi connectivity index (χ1n) is 8.03. The number of rotatable bonds is 7. The molecule has 0 spiro atoms. The summed E-state index contributed by atoms with van der Waals surface area (Å²) < 4.78 is 9.96. The average Bonchev–Trinajstić information content (AvgIpc) is 2.56. The standard InChI is InChI=1S/C20H21O4/c1-3-23-19(21)13-15-7-5-9-17(11-15)18-10-6-8-16(12-18)14-20(22)24-4-2/h5-9,11-12H,3-4,13-14H2,1-2H3. The number of hydrogen-bond donors (Lipinski definition) is 0. The fourth-order valence-corrected chi connectivity index (χ4v) is 2.40. The van der Waals surface area contributed by atoms with E-state index >= 15 is 0 Å². The Morgan fingerprint density at radius 2 is 1.54 bits per heavy atom. The molecule has 0 unspecified atom stereocenters. The van der Waals surface area contributed by atoms with E-state index in [1.807, 2.05) is 36.4 Å². The number of benzene rings is 2. The Kier molecular flexibility index (Phi) is 6.55. The Hall–Kier alpha value is -2.62. The molecular weight excluding hydrogens is 304 g/mol. The minimum atomic E-state index is -0.245. The van der Waals surface area contributed by atoms with Crippen molar-refractivity contribution in [2.75, 3.05) is 13.2 Å². The third-order valence-electron chi connectivity index (χ3n) is 3.41. The molecule has 0 aliphatic heterocycles. The molecule has 0 atom stereocenters. The molecule has 24 heavy (non-hydrogen) atoms. The number of esters is 2. The summed E-state index contributed by atoms with van der Waals surface area (Å²) in [6.45, 7) is 4.33. The monoisotopic (exact) mass is 325 g/mol. The molecule has 0 N–H and O–H groups in total. The van der Waals surface area contributed by atoms with Crippen molar-refractivity contribution in [1.29, 1.82) is 0 Å². The average molecular weight is 325 g/mol. The first-order chi connectivity index (χ1) is 11.6. The minimum Gasteiger partial charge on any atom is -0.466 e. The molecule has 125 valence electrons. The van der Waals surface area contributed by atoms with Crippen LogP contribution in [0.15, 0.2) is 42.5 Å². The van der Waals surface area contributed by atoms with Crippen LogP contribution in [-0.4, -0.2) is 25.2 Å². The van der Waals surface area contributed by atoms with Crippen LogP contribution in [0.1, 0.15) is 25.0 Å². The van der Waals surface area contributed by atoms with Crippen molar-refractivity contribution >= 4 is 11.9 Å². The van der Waals surface area contributed by atoms with Crippen LogP contribution in [0.5, 0.6) is 0 Å². The predicted molar refractivity (Wildman–Crippen MR) is 91.4 cm³/mol. The molecule has 0 aliphatic carbocycles. The molecule has 0 fully saturated rings. The fourth-order valence-electron chi connectivity index (χ4n) is 2.40. The molecule has 0 aromatic heterocycles. The van der Waals surface area contributed by atoms with Crippen LogP contribution in [-0.2, 0) is 31.9 Å². The van der Waals surface area contributed by atoms with Crippen molar-refractivity contribution in [2.24, 2.45) is 0 Å². The molecule has 2 aromatic carbocycles. The van der Waals surface area contributed by atoms with Crippen LogP contribution in [0, 0.1) is 6.07 Å². The molecule has 4 heteroatoms. The topological polar surface area (TPSA) is 52.6 Å². The summed E-state index contributed by atoms with van der Waals surface area (Å²) >= 11 is 0. The first kappa shape index (κ1) is 17.7. The van der Waals surface area contributed by atoms with E-state index in [9.17, 15) is 9.59 Å². The molecule has 0 saturated carbocycles. The Labute approximate surface area is 142 Å². The third-order valence-corrected chi connectivity index (χ3v) is 3.41. The van der Waals surface area contributed by atoms with Gasteiger partial charge in [0.2, 0.25) is 0 Å². The summed E-state index contributed by atoms with van der Waals surface area (Å²) in [5.74, 6) is -0.486. The maximum absolute atomic E-state index is 11.6. The zero-order valence-electron chi connectivity index (χ0n) is 14.0. The van der Waals surface area contributed by atoms with Gasteiger partial charge in [0.25, 0.3) is 0 Å². The second kappa shape index (κ2) is 8.87. The fraction of sp³-hybridized carbons (Fsp3) is 0.300. The molecule has 4 nitrogen and oxygen atoms in total. The summed E-state index contributed by atoms with van der Waals surface area (Å²) in [7, 11) is 0. The predicted octanol–water partition coefficient (Wildman–Crippen LogP) is 3.36. The number of carbonyl (C=O) groups excluding carboxylic acids is 2. The van der Waals surface area contributed by atoms with Crippen molar-refractivity contribution in [2.45, 2.75) is 26.7 Å². The second-order valence-corrected chi connectivity index (χ2v) is 5.27. The van der Waals surface area contributed by atoms with Crippen LogP contribution in [0.25, 0.3) is 11.1 Å². The van der Waals surface area contributed by atoms with Gasteiger partial charge >= 0.3 is 11.9 Å². The molecule has 0 bridgehead atoms. The van der Waals surface area contributed by atoms with E-state index in [4.69, 9.17) is 9.47 Å². The summed E-state index contributed by atoms with van der Waals surface area (Å²) in [5.41, 5.74) is 3.58. The maximum Gasteiger partial charge on any atom is 0.310 e. The lowest BCUT2D eigenvalue weighted by Gasteiger charge is -2.08. The van der Waals surface area contributed by atoms with Crippen molar-refractivity contribution in [3.05, 3.63) is 59.7 Å². The van der Waals surface area contributed by atoms with Gasteiger partial charge in [-0.2, -0.15) is 0 Å². The number of carbonyl (C=O) groups is 2. The van der Waals surface area contributed by atoms with Crippen LogP contribution >= 0.6 is 0 Å². The Morgan fingerprint density at radius 3 is 2.17 bits per heavy atom. The highest BCUT2D eigenvalue weighted by molar-refractivity contribution is 5.75. The van der Waals surface area contributed by atoms with E-state index < -0.39 is 0 Å². The summed E-state index contributed by atoms with van der Waals surface area (Å²) in [4.78, 5) is 23.2. The zero-order valence-corrected chi connectivity index (χ0v) is 14.0. The highest BCUT2D eigenvalue weighted by Gasteiger charge is 2.08. The Morgan fingerprint density at radius 1 is 0.917 bits per heavy atom. The van der Waals surface area contributed by atoms with Gasteiger partial charge in [-0.1, -0.05) is 36.4 Å². The molecule has 0 saturated heterocycles. The van der Waals surface area contributed by atoms with Gasteiger partial charge in [0, 0.05) is 0 Å². The summed E-state index contributed by atoms with van der Waals surface area (Å²) in [6, 6.07) is 16.4. The Balaban J connectivity index is 2.16. The summed E-state index contributed by atoms with van der Waals surface area (Å²) in [6.07, 6.45) is 0.474. The van der Waals surface area contributed by atoms with Gasteiger partial charge in [0.1, 0.15) is 0 Å². The highest BCUT2D eigenvalue weighted by atomic mass is 16.5. The minimum absolute atomic E-state index is 0.234. The largest absolute Gasteiger partial charge is 0.466 e. The van der Waals surface area contributed by atoms with Crippen molar-refractivity contribution in [3.63, 3.8) is 0 Å². The number of hydrogen-bond acceptors (Lipinski definition) is 4. The SMILES string of the molecule is CCOC(=O)Cc1cc[c]c(-c2cccc(CC(=O)OCC)c2)c1. The molecule has 1 radical (unpaired) electrons.